The smallest absolute Gasteiger partial charge is 0.119 e. The Bertz CT molecular complexity index is 537. The third-order valence-electron chi connectivity index (χ3n) is 3.29. The summed E-state index contributed by atoms with van der Waals surface area (Å²) in [6, 6.07) is 9.51. The molecule has 1 atom stereocenters. The van der Waals surface area contributed by atoms with Gasteiger partial charge in [0.25, 0.3) is 0 Å². The van der Waals surface area contributed by atoms with Crippen molar-refractivity contribution in [2.45, 2.75) is 32.8 Å². The predicted molar refractivity (Wildman–Crippen MR) is 79.9 cm³/mol. The van der Waals surface area contributed by atoms with Gasteiger partial charge in [0, 0.05) is 12.4 Å². The summed E-state index contributed by atoms with van der Waals surface area (Å²) in [7, 11) is 0. The van der Waals surface area contributed by atoms with Crippen LogP contribution < -0.4 is 4.74 Å². The number of aromatic nitrogens is 1. The van der Waals surface area contributed by atoms with Crippen LogP contribution in [0.5, 0.6) is 5.75 Å². The molecule has 3 nitrogen and oxygen atoms in total. The molecule has 3 heteroatoms. The molecule has 2 rings (SSSR count). The number of rotatable bonds is 6. The van der Waals surface area contributed by atoms with E-state index in [1.165, 1.54) is 0 Å². The van der Waals surface area contributed by atoms with Crippen LogP contribution >= 0.6 is 0 Å². The summed E-state index contributed by atoms with van der Waals surface area (Å²) in [5.41, 5.74) is 2.87. The zero-order valence-electron chi connectivity index (χ0n) is 12.0. The van der Waals surface area contributed by atoms with Crippen LogP contribution in [0.3, 0.4) is 0 Å². The summed E-state index contributed by atoms with van der Waals surface area (Å²) in [4.78, 5) is 4.11. The van der Waals surface area contributed by atoms with Crippen LogP contribution in [0.15, 0.2) is 42.7 Å². The van der Waals surface area contributed by atoms with Crippen LogP contribution in [-0.2, 0) is 6.42 Å². The molecular weight excluding hydrogens is 250 g/mol. The summed E-state index contributed by atoms with van der Waals surface area (Å²) in [5.74, 6) is 0.841. The normalized spacial score (nSPS) is 12.2. The minimum absolute atomic E-state index is 0.617. The summed E-state index contributed by atoms with van der Waals surface area (Å²) < 4.78 is 5.55. The first-order valence-corrected chi connectivity index (χ1v) is 7.09. The zero-order chi connectivity index (χ0) is 14.4. The Labute approximate surface area is 120 Å². The SMILES string of the molecule is CCCOc1ccc(C(O)c2ccncc2CC)cc1. The zero-order valence-corrected chi connectivity index (χ0v) is 12.0. The van der Waals surface area contributed by atoms with Crippen LogP contribution in [0.4, 0.5) is 0 Å². The maximum Gasteiger partial charge on any atom is 0.119 e. The van der Waals surface area contributed by atoms with Gasteiger partial charge in [0.05, 0.1) is 6.61 Å². The van der Waals surface area contributed by atoms with Gasteiger partial charge in [-0.15, -0.1) is 0 Å². The first-order valence-electron chi connectivity index (χ1n) is 7.09. The summed E-state index contributed by atoms with van der Waals surface area (Å²) in [6.07, 6.45) is 4.76. The molecule has 0 saturated heterocycles. The number of aryl methyl sites for hydroxylation is 1. The first kappa shape index (κ1) is 14.5. The number of ether oxygens (including phenoxy) is 1. The third-order valence-corrected chi connectivity index (χ3v) is 3.29. The molecule has 20 heavy (non-hydrogen) atoms. The number of aliphatic hydroxyl groups excluding tert-OH is 1. The minimum Gasteiger partial charge on any atom is -0.494 e. The van der Waals surface area contributed by atoms with Gasteiger partial charge in [-0.05, 0) is 47.7 Å². The topological polar surface area (TPSA) is 42.4 Å². The Hall–Kier alpha value is -1.87. The Morgan fingerprint density at radius 3 is 2.55 bits per heavy atom. The molecule has 1 aromatic carbocycles. The average Bonchev–Trinajstić information content (AvgIpc) is 2.52. The average molecular weight is 271 g/mol. The number of benzene rings is 1. The Morgan fingerprint density at radius 2 is 1.90 bits per heavy atom. The lowest BCUT2D eigenvalue weighted by atomic mass is 9.97. The molecule has 1 heterocycles. The Morgan fingerprint density at radius 1 is 1.15 bits per heavy atom. The van der Waals surface area contributed by atoms with Crippen LogP contribution in [0.25, 0.3) is 0 Å². The fourth-order valence-electron chi connectivity index (χ4n) is 2.15. The van der Waals surface area contributed by atoms with Crippen LogP contribution in [-0.4, -0.2) is 16.7 Å². The van der Waals surface area contributed by atoms with E-state index in [9.17, 15) is 5.11 Å². The second kappa shape index (κ2) is 7.06. The third kappa shape index (κ3) is 3.36. The molecular formula is C17H21NO2. The van der Waals surface area contributed by atoms with E-state index in [2.05, 4.69) is 18.8 Å². The highest BCUT2D eigenvalue weighted by Gasteiger charge is 2.13. The molecule has 0 radical (unpaired) electrons. The van der Waals surface area contributed by atoms with Gasteiger partial charge >= 0.3 is 0 Å². The van der Waals surface area contributed by atoms with Crippen molar-refractivity contribution in [3.63, 3.8) is 0 Å². The van der Waals surface area contributed by atoms with Gasteiger partial charge in [-0.1, -0.05) is 26.0 Å². The first-order chi connectivity index (χ1) is 9.76. The Kier molecular flexibility index (Phi) is 5.13. The highest BCUT2D eigenvalue weighted by Crippen LogP contribution is 2.26. The molecule has 0 amide bonds. The molecule has 1 N–H and O–H groups in total. The van der Waals surface area contributed by atoms with Gasteiger partial charge in [0.15, 0.2) is 0 Å². The van der Waals surface area contributed by atoms with Crippen molar-refractivity contribution in [3.05, 3.63) is 59.4 Å². The Balaban J connectivity index is 2.18. The van der Waals surface area contributed by atoms with Gasteiger partial charge in [-0.3, -0.25) is 4.98 Å². The molecule has 0 fully saturated rings. The van der Waals surface area contributed by atoms with Crippen molar-refractivity contribution in [2.75, 3.05) is 6.61 Å². The summed E-state index contributed by atoms with van der Waals surface area (Å²) >= 11 is 0. The highest BCUT2D eigenvalue weighted by molar-refractivity contribution is 5.36. The van der Waals surface area contributed by atoms with E-state index in [0.717, 1.165) is 35.3 Å². The lowest BCUT2D eigenvalue weighted by molar-refractivity contribution is 0.219. The van der Waals surface area contributed by atoms with E-state index in [4.69, 9.17) is 4.74 Å². The number of pyridine rings is 1. The summed E-state index contributed by atoms with van der Waals surface area (Å²) in [5, 5.41) is 10.5. The molecule has 0 spiro atoms. The van der Waals surface area contributed by atoms with Crippen molar-refractivity contribution >= 4 is 0 Å². The van der Waals surface area contributed by atoms with E-state index in [1.54, 1.807) is 6.20 Å². The van der Waals surface area contributed by atoms with Gasteiger partial charge in [-0.25, -0.2) is 0 Å². The largest absolute Gasteiger partial charge is 0.494 e. The fraction of sp³-hybridized carbons (Fsp3) is 0.353. The van der Waals surface area contributed by atoms with E-state index < -0.39 is 6.10 Å². The number of hydrogen-bond donors (Lipinski definition) is 1. The van der Waals surface area contributed by atoms with Gasteiger partial charge in [0.1, 0.15) is 11.9 Å². The fourth-order valence-corrected chi connectivity index (χ4v) is 2.15. The van der Waals surface area contributed by atoms with Crippen LogP contribution in [0.1, 0.15) is 43.1 Å². The van der Waals surface area contributed by atoms with E-state index >= 15 is 0 Å². The summed E-state index contributed by atoms with van der Waals surface area (Å²) in [6.45, 7) is 4.86. The van der Waals surface area contributed by atoms with Gasteiger partial charge in [0.2, 0.25) is 0 Å². The lowest BCUT2D eigenvalue weighted by Gasteiger charge is -2.15. The van der Waals surface area contributed by atoms with Crippen molar-refractivity contribution in [3.8, 4) is 5.75 Å². The lowest BCUT2D eigenvalue weighted by Crippen LogP contribution is -2.04. The van der Waals surface area contributed by atoms with E-state index in [0.29, 0.717) is 6.61 Å². The molecule has 2 aromatic rings. The van der Waals surface area contributed by atoms with Crippen molar-refractivity contribution in [2.24, 2.45) is 0 Å². The molecule has 106 valence electrons. The van der Waals surface area contributed by atoms with Crippen molar-refractivity contribution < 1.29 is 9.84 Å². The highest BCUT2D eigenvalue weighted by atomic mass is 16.5. The van der Waals surface area contributed by atoms with Gasteiger partial charge < -0.3 is 9.84 Å². The van der Waals surface area contributed by atoms with Crippen molar-refractivity contribution in [1.82, 2.24) is 4.98 Å². The minimum atomic E-state index is -0.617. The number of aliphatic hydroxyl groups is 1. The number of nitrogens with zero attached hydrogens (tertiary/aromatic N) is 1. The van der Waals surface area contributed by atoms with Crippen LogP contribution in [0.2, 0.25) is 0 Å². The van der Waals surface area contributed by atoms with Gasteiger partial charge in [-0.2, -0.15) is 0 Å². The maximum absolute atomic E-state index is 10.5. The molecule has 0 aliphatic carbocycles. The molecule has 0 bridgehead atoms. The number of hydrogen-bond acceptors (Lipinski definition) is 3. The second-order valence-corrected chi connectivity index (χ2v) is 4.75. The second-order valence-electron chi connectivity index (χ2n) is 4.75. The van der Waals surface area contributed by atoms with Crippen LogP contribution in [0, 0.1) is 0 Å². The van der Waals surface area contributed by atoms with Crippen molar-refractivity contribution in [1.29, 1.82) is 0 Å². The molecule has 1 aromatic heterocycles. The van der Waals surface area contributed by atoms with E-state index in [1.807, 2.05) is 36.5 Å². The molecule has 0 saturated carbocycles. The quantitative estimate of drug-likeness (QED) is 0.874. The molecule has 0 aliphatic rings. The van der Waals surface area contributed by atoms with E-state index in [-0.39, 0.29) is 0 Å². The standard InChI is InChI=1S/C17H21NO2/c1-3-11-20-15-7-5-14(6-8-15)17(19)16-9-10-18-12-13(16)4-2/h5-10,12,17,19H,3-4,11H2,1-2H3. The molecule has 0 aliphatic heterocycles. The monoisotopic (exact) mass is 271 g/mol. The molecule has 1 unspecified atom stereocenters. The maximum atomic E-state index is 10.5. The predicted octanol–water partition coefficient (Wildman–Crippen LogP) is 3.51.